The Morgan fingerprint density at radius 1 is 1.47 bits per heavy atom. The highest BCUT2D eigenvalue weighted by atomic mass is 35.5. The minimum atomic E-state index is 0.293. The Morgan fingerprint density at radius 3 is 2.82 bits per heavy atom. The van der Waals surface area contributed by atoms with Crippen LogP contribution in [0, 0.1) is 5.41 Å². The monoisotopic (exact) mass is 275 g/mol. The first kappa shape index (κ1) is 15.0. The fourth-order valence-electron chi connectivity index (χ4n) is 1.64. The van der Waals surface area contributed by atoms with Gasteiger partial charge in [-0.1, -0.05) is 25.4 Å². The maximum atomic E-state index is 6.09. The summed E-state index contributed by atoms with van der Waals surface area (Å²) in [4.78, 5) is 1.30. The van der Waals surface area contributed by atoms with Crippen molar-refractivity contribution in [3.05, 3.63) is 21.3 Å². The van der Waals surface area contributed by atoms with E-state index >= 15 is 0 Å². The lowest BCUT2D eigenvalue weighted by Gasteiger charge is -2.25. The van der Waals surface area contributed by atoms with E-state index < -0.39 is 0 Å². The largest absolute Gasteiger partial charge is 0.383 e. The molecule has 0 bridgehead atoms. The first-order chi connectivity index (χ1) is 8.05. The van der Waals surface area contributed by atoms with E-state index in [-0.39, 0.29) is 0 Å². The number of hydrogen-bond donors (Lipinski definition) is 1. The van der Waals surface area contributed by atoms with Crippen molar-refractivity contribution in [1.82, 2.24) is 5.32 Å². The molecule has 98 valence electrons. The highest BCUT2D eigenvalue weighted by molar-refractivity contribution is 7.10. The summed E-state index contributed by atoms with van der Waals surface area (Å²) in [6.45, 7) is 7.27. The number of ether oxygens (including phenoxy) is 1. The Labute approximate surface area is 113 Å². The van der Waals surface area contributed by atoms with Gasteiger partial charge in [0, 0.05) is 25.1 Å². The zero-order valence-electron chi connectivity index (χ0n) is 10.9. The Morgan fingerprint density at radius 2 is 2.24 bits per heavy atom. The molecular formula is C13H22ClNOS. The van der Waals surface area contributed by atoms with Crippen molar-refractivity contribution in [1.29, 1.82) is 0 Å². The van der Waals surface area contributed by atoms with Crippen molar-refractivity contribution >= 4 is 22.9 Å². The maximum Gasteiger partial charge on any atom is 0.0587 e. The van der Waals surface area contributed by atoms with Crippen LogP contribution in [0.4, 0.5) is 0 Å². The lowest BCUT2D eigenvalue weighted by atomic mass is 9.87. The van der Waals surface area contributed by atoms with E-state index in [1.165, 1.54) is 4.88 Å². The van der Waals surface area contributed by atoms with E-state index in [1.54, 1.807) is 18.4 Å². The van der Waals surface area contributed by atoms with E-state index in [1.807, 2.05) is 6.07 Å². The van der Waals surface area contributed by atoms with Crippen LogP contribution in [0.25, 0.3) is 0 Å². The molecule has 1 heterocycles. The molecule has 4 heteroatoms. The second-order valence-corrected chi connectivity index (χ2v) is 6.43. The van der Waals surface area contributed by atoms with E-state index in [9.17, 15) is 0 Å². The molecule has 0 aliphatic carbocycles. The van der Waals surface area contributed by atoms with Gasteiger partial charge in [-0.2, -0.15) is 0 Å². The summed E-state index contributed by atoms with van der Waals surface area (Å²) < 4.78 is 5.01. The van der Waals surface area contributed by atoms with E-state index in [4.69, 9.17) is 16.3 Å². The zero-order valence-corrected chi connectivity index (χ0v) is 12.5. The second kappa shape index (κ2) is 7.37. The summed E-state index contributed by atoms with van der Waals surface area (Å²) in [5.74, 6) is 0. The van der Waals surface area contributed by atoms with Crippen molar-refractivity contribution in [2.75, 3.05) is 26.8 Å². The summed E-state index contributed by atoms with van der Waals surface area (Å²) in [7, 11) is 1.73. The van der Waals surface area contributed by atoms with Crippen LogP contribution in [0.1, 0.15) is 25.1 Å². The molecule has 0 fully saturated rings. The van der Waals surface area contributed by atoms with Crippen LogP contribution in [0.2, 0.25) is 5.02 Å². The quantitative estimate of drug-likeness (QED) is 0.732. The first-order valence-corrected chi connectivity index (χ1v) is 7.22. The minimum Gasteiger partial charge on any atom is -0.383 e. The molecule has 0 atom stereocenters. The number of rotatable bonds is 8. The number of methoxy groups -OCH3 is 1. The average molecular weight is 276 g/mol. The topological polar surface area (TPSA) is 21.3 Å². The van der Waals surface area contributed by atoms with Crippen LogP contribution in [0.3, 0.4) is 0 Å². The van der Waals surface area contributed by atoms with Crippen molar-refractivity contribution < 1.29 is 4.74 Å². The molecule has 0 spiro atoms. The molecular weight excluding hydrogens is 254 g/mol. The fraction of sp³-hybridized carbons (Fsp3) is 0.692. The van der Waals surface area contributed by atoms with Crippen LogP contribution in [0.15, 0.2) is 11.4 Å². The maximum absolute atomic E-state index is 6.09. The lowest BCUT2D eigenvalue weighted by Crippen LogP contribution is -2.31. The number of halogens is 1. The standard InChI is InChI=1S/C13H22ClNOS/c1-13(2,10-15-7-8-16-3)6-4-12-11(14)5-9-17-12/h5,9,15H,4,6-8,10H2,1-3H3. The van der Waals surface area contributed by atoms with Gasteiger partial charge >= 0.3 is 0 Å². The molecule has 2 nitrogen and oxygen atoms in total. The first-order valence-electron chi connectivity index (χ1n) is 5.97. The van der Waals surface area contributed by atoms with Gasteiger partial charge in [-0.3, -0.25) is 0 Å². The molecule has 0 aliphatic rings. The molecule has 17 heavy (non-hydrogen) atoms. The van der Waals surface area contributed by atoms with E-state index in [2.05, 4.69) is 24.5 Å². The van der Waals surface area contributed by atoms with Gasteiger partial charge in [-0.15, -0.1) is 11.3 Å². The molecule has 0 aromatic carbocycles. The molecule has 0 saturated heterocycles. The molecule has 1 rings (SSSR count). The normalized spacial score (nSPS) is 12.0. The fourth-order valence-corrected chi connectivity index (χ4v) is 2.78. The smallest absolute Gasteiger partial charge is 0.0587 e. The molecule has 1 aromatic heterocycles. The molecule has 0 amide bonds. The Bertz CT molecular complexity index is 325. The van der Waals surface area contributed by atoms with Gasteiger partial charge in [0.1, 0.15) is 0 Å². The highest BCUT2D eigenvalue weighted by Gasteiger charge is 2.18. The van der Waals surface area contributed by atoms with Gasteiger partial charge in [-0.05, 0) is 29.7 Å². The predicted molar refractivity (Wildman–Crippen MR) is 76.2 cm³/mol. The van der Waals surface area contributed by atoms with Crippen LogP contribution >= 0.6 is 22.9 Å². The van der Waals surface area contributed by atoms with Crippen molar-refractivity contribution in [2.45, 2.75) is 26.7 Å². The molecule has 0 unspecified atom stereocenters. The minimum absolute atomic E-state index is 0.293. The Kier molecular flexibility index (Phi) is 6.49. The Hall–Kier alpha value is -0.0900. The van der Waals surface area contributed by atoms with Crippen molar-refractivity contribution in [2.24, 2.45) is 5.41 Å². The highest BCUT2D eigenvalue weighted by Crippen LogP contribution is 2.28. The number of nitrogens with one attached hydrogen (secondary N) is 1. The molecule has 0 saturated carbocycles. The second-order valence-electron chi connectivity index (χ2n) is 5.03. The average Bonchev–Trinajstić information content (AvgIpc) is 2.68. The summed E-state index contributed by atoms with van der Waals surface area (Å²) in [6, 6.07) is 1.98. The number of aryl methyl sites for hydroxylation is 1. The third-order valence-corrected chi connectivity index (χ3v) is 4.25. The summed E-state index contributed by atoms with van der Waals surface area (Å²) in [5, 5.41) is 6.39. The molecule has 0 radical (unpaired) electrons. The lowest BCUT2D eigenvalue weighted by molar-refractivity contribution is 0.193. The van der Waals surface area contributed by atoms with E-state index in [0.29, 0.717) is 5.41 Å². The zero-order chi connectivity index (χ0) is 12.7. The van der Waals surface area contributed by atoms with Gasteiger partial charge in [-0.25, -0.2) is 0 Å². The predicted octanol–water partition coefficient (Wildman–Crippen LogP) is 3.60. The summed E-state index contributed by atoms with van der Waals surface area (Å²) >= 11 is 7.84. The van der Waals surface area contributed by atoms with Crippen LogP contribution in [0.5, 0.6) is 0 Å². The van der Waals surface area contributed by atoms with E-state index in [0.717, 1.165) is 37.6 Å². The SMILES string of the molecule is COCCNCC(C)(C)CCc1sccc1Cl. The van der Waals surface area contributed by atoms with Gasteiger partial charge in [0.15, 0.2) is 0 Å². The summed E-state index contributed by atoms with van der Waals surface area (Å²) in [5.41, 5.74) is 0.293. The van der Waals surface area contributed by atoms with Gasteiger partial charge in [0.05, 0.1) is 11.6 Å². The van der Waals surface area contributed by atoms with Gasteiger partial charge in [0.25, 0.3) is 0 Å². The third-order valence-electron chi connectivity index (χ3n) is 2.81. The van der Waals surface area contributed by atoms with Crippen LogP contribution in [-0.2, 0) is 11.2 Å². The van der Waals surface area contributed by atoms with Gasteiger partial charge < -0.3 is 10.1 Å². The van der Waals surface area contributed by atoms with Crippen molar-refractivity contribution in [3.8, 4) is 0 Å². The number of thiophene rings is 1. The van der Waals surface area contributed by atoms with Crippen LogP contribution < -0.4 is 5.32 Å². The summed E-state index contributed by atoms with van der Waals surface area (Å²) in [6.07, 6.45) is 2.21. The van der Waals surface area contributed by atoms with Gasteiger partial charge in [0.2, 0.25) is 0 Å². The van der Waals surface area contributed by atoms with Crippen molar-refractivity contribution in [3.63, 3.8) is 0 Å². The molecule has 0 aliphatic heterocycles. The number of hydrogen-bond acceptors (Lipinski definition) is 3. The molecule has 1 aromatic rings. The van der Waals surface area contributed by atoms with Crippen LogP contribution in [-0.4, -0.2) is 26.8 Å². The third kappa shape index (κ3) is 5.87. The Balaban J connectivity index is 2.26. The molecule has 1 N–H and O–H groups in total.